The number of aryl methyl sites for hydroxylation is 1. The van der Waals surface area contributed by atoms with Crippen molar-refractivity contribution in [3.8, 4) is 0 Å². The van der Waals surface area contributed by atoms with E-state index in [-0.39, 0.29) is 18.4 Å². The maximum Gasteiger partial charge on any atom is 0.315 e. The molecule has 0 saturated heterocycles. The summed E-state index contributed by atoms with van der Waals surface area (Å²) in [7, 11) is 0. The smallest absolute Gasteiger partial charge is 0.315 e. The summed E-state index contributed by atoms with van der Waals surface area (Å²) in [5.41, 5.74) is 0.533. The first kappa shape index (κ1) is 20.5. The Bertz CT molecular complexity index is 801. The number of hydrogen-bond acceptors (Lipinski definition) is 4. The van der Waals surface area contributed by atoms with Crippen molar-refractivity contribution < 1.29 is 19.8 Å². The average Bonchev–Trinajstić information content (AvgIpc) is 2.62. The molecule has 1 aromatic rings. The average molecular weight is 400 g/mol. The van der Waals surface area contributed by atoms with E-state index in [0.29, 0.717) is 17.8 Å². The van der Waals surface area contributed by atoms with Crippen LogP contribution in [0.1, 0.15) is 57.1 Å². The normalized spacial score (nSPS) is 34.2. The van der Waals surface area contributed by atoms with Gasteiger partial charge in [-0.3, -0.25) is 9.59 Å². The fraction of sp³-hybridized carbons (Fsp3) is 0.667. The molecule has 3 atom stereocenters. The van der Waals surface area contributed by atoms with E-state index in [0.717, 1.165) is 43.2 Å². The van der Waals surface area contributed by atoms with Crippen molar-refractivity contribution in [1.82, 2.24) is 5.32 Å². The van der Waals surface area contributed by atoms with Crippen molar-refractivity contribution in [2.75, 3.05) is 6.54 Å². The number of aliphatic carboxylic acids is 1. The Morgan fingerprint density at radius 1 is 1.21 bits per heavy atom. The van der Waals surface area contributed by atoms with Gasteiger partial charge in [0.25, 0.3) is 0 Å². The molecule has 0 aliphatic heterocycles. The van der Waals surface area contributed by atoms with Gasteiger partial charge in [-0.25, -0.2) is 0 Å². The van der Waals surface area contributed by atoms with E-state index in [4.69, 9.17) is 0 Å². The maximum absolute atomic E-state index is 13.3. The van der Waals surface area contributed by atoms with Crippen molar-refractivity contribution in [3.05, 3.63) is 35.4 Å². The summed E-state index contributed by atoms with van der Waals surface area (Å²) < 4.78 is 0. The van der Waals surface area contributed by atoms with Gasteiger partial charge in [0.1, 0.15) is 5.92 Å². The van der Waals surface area contributed by atoms with Crippen LogP contribution in [0.25, 0.3) is 0 Å². The Kier molecular flexibility index (Phi) is 5.11. The number of nitrogens with one attached hydrogen (secondary N) is 1. The first-order valence-corrected chi connectivity index (χ1v) is 10.9. The van der Waals surface area contributed by atoms with E-state index in [1.165, 1.54) is 0 Å². The second-order valence-corrected chi connectivity index (χ2v) is 10.4. The molecule has 0 aromatic heterocycles. The highest BCUT2D eigenvalue weighted by molar-refractivity contribution is 6.03. The number of rotatable bonds is 7. The van der Waals surface area contributed by atoms with Gasteiger partial charge in [0.15, 0.2) is 5.78 Å². The van der Waals surface area contributed by atoms with Crippen molar-refractivity contribution in [2.24, 2.45) is 23.7 Å². The van der Waals surface area contributed by atoms with Crippen molar-refractivity contribution in [1.29, 1.82) is 0 Å². The van der Waals surface area contributed by atoms with Gasteiger partial charge in [-0.15, -0.1) is 0 Å². The molecule has 4 saturated carbocycles. The van der Waals surface area contributed by atoms with Gasteiger partial charge in [0.05, 0.1) is 5.60 Å². The van der Waals surface area contributed by atoms with E-state index in [9.17, 15) is 19.8 Å². The van der Waals surface area contributed by atoms with E-state index < -0.39 is 22.9 Å². The SMILES string of the molecule is Cc1cccc(C(C)(C)C(=O)C(CNC2C3CC4CC2CC(O)(C4)C3)C(=O)O)c1. The summed E-state index contributed by atoms with van der Waals surface area (Å²) >= 11 is 0. The lowest BCUT2D eigenvalue weighted by molar-refractivity contribution is -0.150. The summed E-state index contributed by atoms with van der Waals surface area (Å²) in [6.07, 6.45) is 4.75. The summed E-state index contributed by atoms with van der Waals surface area (Å²) in [5.74, 6) is -1.02. The Hall–Kier alpha value is -1.72. The Morgan fingerprint density at radius 2 is 1.86 bits per heavy atom. The number of Topliss-reactive ketones (excluding diaryl/α,β-unsaturated/α-hetero) is 1. The number of carbonyl (C=O) groups excluding carboxylic acids is 1. The molecular weight excluding hydrogens is 366 g/mol. The van der Waals surface area contributed by atoms with Crippen LogP contribution in [0.5, 0.6) is 0 Å². The van der Waals surface area contributed by atoms with Crippen LogP contribution in [0.15, 0.2) is 24.3 Å². The third-order valence-electron chi connectivity index (χ3n) is 7.77. The van der Waals surface area contributed by atoms with E-state index in [1.54, 1.807) is 0 Å². The van der Waals surface area contributed by atoms with Crippen LogP contribution in [-0.2, 0) is 15.0 Å². The molecular formula is C24H33NO4. The molecule has 3 unspecified atom stereocenters. The molecule has 0 heterocycles. The molecule has 4 aliphatic carbocycles. The van der Waals surface area contributed by atoms with Gasteiger partial charge >= 0.3 is 5.97 Å². The number of carboxylic acid groups (broad SMARTS) is 1. The Morgan fingerprint density at radius 3 is 2.41 bits per heavy atom. The zero-order chi connectivity index (χ0) is 21.0. The van der Waals surface area contributed by atoms with Gasteiger partial charge in [0.2, 0.25) is 0 Å². The van der Waals surface area contributed by atoms with Crippen LogP contribution >= 0.6 is 0 Å². The predicted octanol–water partition coefficient (Wildman–Crippen LogP) is 3.07. The molecule has 4 bridgehead atoms. The van der Waals surface area contributed by atoms with Gasteiger partial charge in [-0.2, -0.15) is 0 Å². The summed E-state index contributed by atoms with van der Waals surface area (Å²) in [6.45, 7) is 5.77. The third kappa shape index (κ3) is 3.75. The number of carboxylic acids is 1. The van der Waals surface area contributed by atoms with E-state index in [2.05, 4.69) is 5.32 Å². The highest BCUT2D eigenvalue weighted by Crippen LogP contribution is 2.55. The lowest BCUT2D eigenvalue weighted by Gasteiger charge is -2.58. The molecule has 29 heavy (non-hydrogen) atoms. The topological polar surface area (TPSA) is 86.6 Å². The van der Waals surface area contributed by atoms with Crippen molar-refractivity contribution in [3.63, 3.8) is 0 Å². The van der Waals surface area contributed by atoms with E-state index >= 15 is 0 Å². The maximum atomic E-state index is 13.3. The number of benzene rings is 1. The van der Waals surface area contributed by atoms with E-state index in [1.807, 2.05) is 45.0 Å². The highest BCUT2D eigenvalue weighted by atomic mass is 16.4. The van der Waals surface area contributed by atoms with Crippen molar-refractivity contribution in [2.45, 2.75) is 69.9 Å². The standard InChI is InChI=1S/C24H33NO4/c1-14-5-4-6-18(7-14)23(2,3)21(26)19(22(27)28)13-25-20-16-8-15-9-17(20)12-24(29,10-15)11-16/h4-7,15-17,19-20,25,29H,8-13H2,1-3H3,(H,27,28). The minimum Gasteiger partial charge on any atom is -0.481 e. The van der Waals surface area contributed by atoms with Crippen LogP contribution < -0.4 is 5.32 Å². The summed E-state index contributed by atoms with van der Waals surface area (Å²) in [6, 6.07) is 7.95. The molecule has 0 radical (unpaired) electrons. The largest absolute Gasteiger partial charge is 0.481 e. The number of aliphatic hydroxyl groups is 1. The van der Waals surface area contributed by atoms with Crippen molar-refractivity contribution >= 4 is 11.8 Å². The number of ketones is 1. The summed E-state index contributed by atoms with van der Waals surface area (Å²) in [5, 5.41) is 24.0. The third-order valence-corrected chi connectivity index (χ3v) is 7.77. The molecule has 0 amide bonds. The molecule has 5 heteroatoms. The predicted molar refractivity (Wildman–Crippen MR) is 111 cm³/mol. The van der Waals surface area contributed by atoms with Crippen LogP contribution in [0, 0.1) is 30.6 Å². The molecule has 5 rings (SSSR count). The van der Waals surface area contributed by atoms with Crippen LogP contribution in [0.4, 0.5) is 0 Å². The highest BCUT2D eigenvalue weighted by Gasteiger charge is 2.54. The number of hydrogen-bond donors (Lipinski definition) is 3. The zero-order valence-electron chi connectivity index (χ0n) is 17.6. The molecule has 3 N–H and O–H groups in total. The van der Waals surface area contributed by atoms with Crippen LogP contribution in [0.2, 0.25) is 0 Å². The monoisotopic (exact) mass is 399 g/mol. The van der Waals surface area contributed by atoms with Gasteiger partial charge < -0.3 is 15.5 Å². The Balaban J connectivity index is 1.47. The van der Waals surface area contributed by atoms with Gasteiger partial charge in [0, 0.05) is 18.0 Å². The molecule has 4 aliphatic rings. The first-order valence-electron chi connectivity index (χ1n) is 10.9. The molecule has 5 nitrogen and oxygen atoms in total. The fourth-order valence-electron chi connectivity index (χ4n) is 6.47. The first-order chi connectivity index (χ1) is 13.6. The fourth-order valence-corrected chi connectivity index (χ4v) is 6.47. The molecule has 4 fully saturated rings. The lowest BCUT2D eigenvalue weighted by atomic mass is 9.52. The number of carbonyl (C=O) groups is 2. The second kappa shape index (κ2) is 7.21. The second-order valence-electron chi connectivity index (χ2n) is 10.4. The summed E-state index contributed by atoms with van der Waals surface area (Å²) in [4.78, 5) is 25.3. The van der Waals surface area contributed by atoms with Crippen LogP contribution in [-0.4, -0.2) is 40.2 Å². The van der Waals surface area contributed by atoms with Crippen LogP contribution in [0.3, 0.4) is 0 Å². The zero-order valence-corrected chi connectivity index (χ0v) is 17.6. The molecule has 0 spiro atoms. The minimum absolute atomic E-state index is 0.157. The molecule has 158 valence electrons. The quantitative estimate of drug-likeness (QED) is 0.614. The minimum atomic E-state index is -1.08. The lowest BCUT2D eigenvalue weighted by Crippen LogP contribution is -2.61. The molecule has 1 aromatic carbocycles. The van der Waals surface area contributed by atoms with Gasteiger partial charge in [-0.05, 0) is 76.2 Å². The van der Waals surface area contributed by atoms with Gasteiger partial charge in [-0.1, -0.05) is 29.8 Å². The Labute approximate surface area is 172 Å².